The first-order valence-electron chi connectivity index (χ1n) is 10.2. The molecule has 0 aliphatic rings. The molecule has 0 bridgehead atoms. The van der Waals surface area contributed by atoms with Crippen LogP contribution in [0.4, 0.5) is 0 Å². The molecule has 0 radical (unpaired) electrons. The molecule has 0 spiro atoms. The van der Waals surface area contributed by atoms with Crippen LogP contribution in [-0.2, 0) is 6.42 Å². The fourth-order valence-electron chi connectivity index (χ4n) is 2.75. The van der Waals surface area contributed by atoms with Crippen molar-refractivity contribution in [3.05, 3.63) is 54.5 Å². The first-order valence-corrected chi connectivity index (χ1v) is 10.2. The number of pyridine rings is 1. The van der Waals surface area contributed by atoms with E-state index in [0.29, 0.717) is 42.9 Å². The zero-order valence-corrected chi connectivity index (χ0v) is 18.0. The van der Waals surface area contributed by atoms with Gasteiger partial charge in [-0.3, -0.25) is 4.98 Å². The van der Waals surface area contributed by atoms with Crippen molar-refractivity contribution >= 4 is 5.96 Å². The second-order valence-electron chi connectivity index (χ2n) is 6.73. The van der Waals surface area contributed by atoms with Crippen molar-refractivity contribution in [1.29, 1.82) is 0 Å². The Kier molecular flexibility index (Phi) is 8.21. The maximum absolute atomic E-state index is 5.92. The molecule has 9 nitrogen and oxygen atoms in total. The van der Waals surface area contributed by atoms with Gasteiger partial charge in [-0.2, -0.15) is 4.98 Å². The zero-order valence-electron chi connectivity index (χ0n) is 18.0. The van der Waals surface area contributed by atoms with Crippen molar-refractivity contribution < 1.29 is 14.0 Å². The van der Waals surface area contributed by atoms with Crippen LogP contribution in [0, 0.1) is 0 Å². The van der Waals surface area contributed by atoms with Crippen molar-refractivity contribution in [2.45, 2.75) is 26.4 Å². The van der Waals surface area contributed by atoms with Gasteiger partial charge in [-0.05, 0) is 38.1 Å². The van der Waals surface area contributed by atoms with Gasteiger partial charge in [0.15, 0.2) is 11.8 Å². The third-order valence-corrected chi connectivity index (χ3v) is 4.22. The smallest absolute Gasteiger partial charge is 0.276 e. The Morgan fingerprint density at radius 1 is 1.16 bits per heavy atom. The van der Waals surface area contributed by atoms with Gasteiger partial charge in [-0.25, -0.2) is 4.99 Å². The highest BCUT2D eigenvalue weighted by Gasteiger charge is 2.10. The summed E-state index contributed by atoms with van der Waals surface area (Å²) in [7, 11) is 1.63. The van der Waals surface area contributed by atoms with Crippen LogP contribution < -0.4 is 20.1 Å². The monoisotopic (exact) mass is 424 g/mol. The van der Waals surface area contributed by atoms with E-state index < -0.39 is 0 Å². The van der Waals surface area contributed by atoms with E-state index in [0.717, 1.165) is 18.0 Å². The Balaban J connectivity index is 1.48. The summed E-state index contributed by atoms with van der Waals surface area (Å²) in [5.41, 5.74) is 0.661. The van der Waals surface area contributed by atoms with Crippen LogP contribution in [-0.4, -0.2) is 53.9 Å². The maximum atomic E-state index is 5.92. The predicted molar refractivity (Wildman–Crippen MR) is 118 cm³/mol. The number of ether oxygens (including phenoxy) is 2. The Hall–Kier alpha value is -3.62. The van der Waals surface area contributed by atoms with Gasteiger partial charge in [0.1, 0.15) is 23.3 Å². The zero-order chi connectivity index (χ0) is 21.9. The standard InChI is InChI=1S/C22H28N6O3/c1-4-23-22(26-15-16(2)30-18-9-7-8-17(14-18)29-3)25-13-11-20-27-21(31-28-20)19-10-5-6-12-24-19/h5-10,12,14,16H,4,11,13,15H2,1-3H3,(H2,23,25,26). The van der Waals surface area contributed by atoms with Gasteiger partial charge in [0.2, 0.25) is 0 Å². The molecule has 2 heterocycles. The lowest BCUT2D eigenvalue weighted by molar-refractivity contribution is 0.229. The lowest BCUT2D eigenvalue weighted by Crippen LogP contribution is -2.39. The normalized spacial score (nSPS) is 12.3. The number of aliphatic imine (C=N–C) groups is 1. The summed E-state index contributed by atoms with van der Waals surface area (Å²) in [6.45, 7) is 5.86. The van der Waals surface area contributed by atoms with E-state index >= 15 is 0 Å². The van der Waals surface area contributed by atoms with E-state index in [-0.39, 0.29) is 6.10 Å². The molecule has 0 aliphatic carbocycles. The minimum absolute atomic E-state index is 0.0966. The summed E-state index contributed by atoms with van der Waals surface area (Å²) >= 11 is 0. The molecule has 1 aromatic carbocycles. The van der Waals surface area contributed by atoms with Crippen molar-refractivity contribution in [1.82, 2.24) is 25.8 Å². The third kappa shape index (κ3) is 6.98. The van der Waals surface area contributed by atoms with Gasteiger partial charge >= 0.3 is 0 Å². The fourth-order valence-corrected chi connectivity index (χ4v) is 2.75. The van der Waals surface area contributed by atoms with Gasteiger partial charge < -0.3 is 24.6 Å². The van der Waals surface area contributed by atoms with Crippen molar-refractivity contribution in [2.24, 2.45) is 4.99 Å². The van der Waals surface area contributed by atoms with Crippen molar-refractivity contribution in [3.8, 4) is 23.1 Å². The number of hydrogen-bond donors (Lipinski definition) is 2. The molecule has 0 fully saturated rings. The van der Waals surface area contributed by atoms with Crippen LogP contribution in [0.15, 0.2) is 58.2 Å². The number of nitrogens with zero attached hydrogens (tertiary/aromatic N) is 4. The van der Waals surface area contributed by atoms with Crippen LogP contribution in [0.1, 0.15) is 19.7 Å². The fraction of sp³-hybridized carbons (Fsp3) is 0.364. The molecule has 1 atom stereocenters. The number of hydrogen-bond acceptors (Lipinski definition) is 7. The second-order valence-corrected chi connectivity index (χ2v) is 6.73. The van der Waals surface area contributed by atoms with E-state index in [2.05, 4.69) is 30.8 Å². The average Bonchev–Trinajstić information content (AvgIpc) is 3.27. The SMILES string of the molecule is CCNC(=NCC(C)Oc1cccc(OC)c1)NCCc1noc(-c2ccccn2)n1. The van der Waals surface area contributed by atoms with Crippen molar-refractivity contribution in [2.75, 3.05) is 26.7 Å². The second kappa shape index (κ2) is 11.5. The van der Waals surface area contributed by atoms with Crippen molar-refractivity contribution in [3.63, 3.8) is 0 Å². The molecule has 0 amide bonds. The van der Waals surface area contributed by atoms with Crippen LogP contribution in [0.25, 0.3) is 11.6 Å². The summed E-state index contributed by atoms with van der Waals surface area (Å²) in [6, 6.07) is 13.1. The number of rotatable bonds is 10. The van der Waals surface area contributed by atoms with Crippen LogP contribution in [0.2, 0.25) is 0 Å². The van der Waals surface area contributed by atoms with Gasteiger partial charge in [-0.15, -0.1) is 0 Å². The summed E-state index contributed by atoms with van der Waals surface area (Å²) in [6.07, 6.45) is 2.19. The first-order chi connectivity index (χ1) is 15.2. The molecule has 1 unspecified atom stereocenters. The van der Waals surface area contributed by atoms with Gasteiger partial charge in [0.05, 0.1) is 13.7 Å². The first kappa shape index (κ1) is 22.1. The maximum Gasteiger partial charge on any atom is 0.276 e. The number of aromatic nitrogens is 3. The summed E-state index contributed by atoms with van der Waals surface area (Å²) in [5, 5.41) is 10.5. The van der Waals surface area contributed by atoms with E-state index in [1.165, 1.54) is 0 Å². The number of methoxy groups -OCH3 is 1. The molecule has 3 rings (SSSR count). The molecule has 31 heavy (non-hydrogen) atoms. The van der Waals surface area contributed by atoms with Crippen LogP contribution in [0.3, 0.4) is 0 Å². The number of guanidine groups is 1. The third-order valence-electron chi connectivity index (χ3n) is 4.22. The molecule has 0 saturated heterocycles. The lowest BCUT2D eigenvalue weighted by Gasteiger charge is -2.15. The molecule has 3 aromatic rings. The lowest BCUT2D eigenvalue weighted by atomic mass is 10.3. The molecule has 9 heteroatoms. The molecular weight excluding hydrogens is 396 g/mol. The van der Waals surface area contributed by atoms with Gasteiger partial charge in [0, 0.05) is 31.8 Å². The van der Waals surface area contributed by atoms with Crippen LogP contribution in [0.5, 0.6) is 11.5 Å². The van der Waals surface area contributed by atoms with E-state index in [9.17, 15) is 0 Å². The Labute approximate surface area is 181 Å². The molecule has 0 aliphatic heterocycles. The minimum Gasteiger partial charge on any atom is -0.497 e. The van der Waals surface area contributed by atoms with Crippen LogP contribution >= 0.6 is 0 Å². The molecule has 2 N–H and O–H groups in total. The van der Waals surface area contributed by atoms with E-state index in [1.807, 2.05) is 56.3 Å². The van der Waals surface area contributed by atoms with E-state index in [4.69, 9.17) is 14.0 Å². The highest BCUT2D eigenvalue weighted by molar-refractivity contribution is 5.79. The molecule has 2 aromatic heterocycles. The predicted octanol–water partition coefficient (Wildman–Crippen LogP) is 2.71. The van der Waals surface area contributed by atoms with Gasteiger partial charge in [0.25, 0.3) is 5.89 Å². The topological polar surface area (TPSA) is 107 Å². The molecule has 0 saturated carbocycles. The largest absolute Gasteiger partial charge is 0.497 e. The Bertz CT molecular complexity index is 961. The van der Waals surface area contributed by atoms with Gasteiger partial charge in [-0.1, -0.05) is 17.3 Å². The number of nitrogens with one attached hydrogen (secondary N) is 2. The Morgan fingerprint density at radius 3 is 2.81 bits per heavy atom. The molecule has 164 valence electrons. The number of benzene rings is 1. The Morgan fingerprint density at radius 2 is 2.03 bits per heavy atom. The highest BCUT2D eigenvalue weighted by Crippen LogP contribution is 2.20. The summed E-state index contributed by atoms with van der Waals surface area (Å²) < 4.78 is 16.4. The van der Waals surface area contributed by atoms with E-state index in [1.54, 1.807) is 13.3 Å². The quantitative estimate of drug-likeness (QED) is 0.378. The molecular formula is C22H28N6O3. The summed E-state index contributed by atoms with van der Waals surface area (Å²) in [5.74, 6) is 3.24. The summed E-state index contributed by atoms with van der Waals surface area (Å²) in [4.78, 5) is 13.2. The highest BCUT2D eigenvalue weighted by atomic mass is 16.5. The average molecular weight is 425 g/mol. The minimum atomic E-state index is -0.0966.